The zero-order chi connectivity index (χ0) is 17.7. The average Bonchev–Trinajstić information content (AvgIpc) is 2.87. The van der Waals surface area contributed by atoms with Crippen molar-refractivity contribution in [3.05, 3.63) is 17.0 Å². The van der Waals surface area contributed by atoms with Crippen LogP contribution < -0.4 is 5.32 Å². The molecule has 1 aromatic rings. The molecule has 6 nitrogen and oxygen atoms in total. The largest absolute Gasteiger partial charge is 0.480 e. The van der Waals surface area contributed by atoms with Crippen molar-refractivity contribution in [1.82, 2.24) is 10.5 Å². The first-order valence-corrected chi connectivity index (χ1v) is 9.57. The molecule has 0 aromatic carbocycles. The van der Waals surface area contributed by atoms with Gasteiger partial charge in [-0.15, -0.1) is 11.8 Å². The molecule has 0 saturated heterocycles. The van der Waals surface area contributed by atoms with Crippen LogP contribution in [-0.4, -0.2) is 33.4 Å². The predicted molar refractivity (Wildman–Crippen MR) is 92.9 cm³/mol. The number of nitrogens with one attached hydrogen (secondary N) is 1. The van der Waals surface area contributed by atoms with Gasteiger partial charge in [-0.25, -0.2) is 4.79 Å². The van der Waals surface area contributed by atoms with Crippen LogP contribution in [0.3, 0.4) is 0 Å². The lowest BCUT2D eigenvalue weighted by molar-refractivity contribution is -0.149. The van der Waals surface area contributed by atoms with E-state index in [0.29, 0.717) is 24.5 Å². The molecule has 24 heavy (non-hydrogen) atoms. The molecule has 1 aliphatic rings. The van der Waals surface area contributed by atoms with Crippen molar-refractivity contribution >= 4 is 23.6 Å². The fourth-order valence-electron chi connectivity index (χ4n) is 3.23. The number of hydrogen-bond acceptors (Lipinski definition) is 5. The molecule has 1 aromatic heterocycles. The molecule has 0 aliphatic heterocycles. The van der Waals surface area contributed by atoms with E-state index < -0.39 is 11.5 Å². The molecule has 0 unspecified atom stereocenters. The van der Waals surface area contributed by atoms with E-state index in [2.05, 4.69) is 17.4 Å². The van der Waals surface area contributed by atoms with E-state index in [-0.39, 0.29) is 11.7 Å². The zero-order valence-electron chi connectivity index (χ0n) is 14.6. The number of carboxylic acid groups (broad SMARTS) is 1. The maximum atomic E-state index is 12.2. The molecule has 7 heteroatoms. The summed E-state index contributed by atoms with van der Waals surface area (Å²) >= 11 is 1.45. The van der Waals surface area contributed by atoms with Crippen LogP contribution in [0.25, 0.3) is 0 Å². The molecule has 1 fully saturated rings. The summed E-state index contributed by atoms with van der Waals surface area (Å²) in [5.41, 5.74) is 0.747. The molecule has 2 N–H and O–H groups in total. The first kappa shape index (κ1) is 18.8. The molecule has 1 saturated carbocycles. The standard InChI is InChI=1S/C17H26N2O4S/c1-4-13-5-7-17(8-6-13,16(21)22)18-15(20)10-24-9-14-11(2)19-23-12(14)3/h13H,4-10H2,1-3H3,(H,18,20)(H,21,22). The Labute approximate surface area is 146 Å². The Balaban J connectivity index is 1.86. The number of rotatable bonds is 7. The fourth-order valence-corrected chi connectivity index (χ4v) is 4.20. The molecular formula is C17H26N2O4S. The summed E-state index contributed by atoms with van der Waals surface area (Å²) in [5.74, 6) is 1.07. The second kappa shape index (κ2) is 8.05. The third-order valence-corrected chi connectivity index (χ3v) is 5.94. The predicted octanol–water partition coefficient (Wildman–Crippen LogP) is 3.06. The number of carbonyl (C=O) groups excluding carboxylic acids is 1. The molecule has 1 aliphatic carbocycles. The topological polar surface area (TPSA) is 92.4 Å². The van der Waals surface area contributed by atoms with E-state index in [1.54, 1.807) is 0 Å². The van der Waals surface area contributed by atoms with Crippen LogP contribution in [0, 0.1) is 19.8 Å². The van der Waals surface area contributed by atoms with E-state index in [1.807, 2.05) is 13.8 Å². The van der Waals surface area contributed by atoms with Crippen molar-refractivity contribution in [2.24, 2.45) is 5.92 Å². The first-order chi connectivity index (χ1) is 11.4. The SMILES string of the molecule is CCC1CCC(NC(=O)CSCc2c(C)noc2C)(C(=O)O)CC1. The van der Waals surface area contributed by atoms with Crippen molar-refractivity contribution in [3.8, 4) is 0 Å². The number of carboxylic acids is 1. The highest BCUT2D eigenvalue weighted by molar-refractivity contribution is 7.99. The Morgan fingerprint density at radius 1 is 1.38 bits per heavy atom. The number of amides is 1. The van der Waals surface area contributed by atoms with Crippen LogP contribution in [0.4, 0.5) is 0 Å². The van der Waals surface area contributed by atoms with Crippen molar-refractivity contribution in [3.63, 3.8) is 0 Å². The Kier molecular flexibility index (Phi) is 6.32. The van der Waals surface area contributed by atoms with Gasteiger partial charge in [0.2, 0.25) is 5.91 Å². The van der Waals surface area contributed by atoms with Crippen molar-refractivity contribution in [2.45, 2.75) is 64.2 Å². The van der Waals surface area contributed by atoms with Gasteiger partial charge in [0.05, 0.1) is 11.4 Å². The van der Waals surface area contributed by atoms with Crippen LogP contribution in [-0.2, 0) is 15.3 Å². The minimum atomic E-state index is -1.09. The molecular weight excluding hydrogens is 328 g/mol. The second-order valence-corrected chi connectivity index (χ2v) is 7.57. The molecule has 0 atom stereocenters. The molecule has 2 rings (SSSR count). The van der Waals surface area contributed by atoms with E-state index in [4.69, 9.17) is 4.52 Å². The summed E-state index contributed by atoms with van der Waals surface area (Å²) in [7, 11) is 0. The Hall–Kier alpha value is -1.50. The fraction of sp³-hybridized carbons (Fsp3) is 0.706. The monoisotopic (exact) mass is 354 g/mol. The third kappa shape index (κ3) is 4.32. The minimum Gasteiger partial charge on any atom is -0.480 e. The quantitative estimate of drug-likeness (QED) is 0.782. The van der Waals surface area contributed by atoms with Crippen LogP contribution >= 0.6 is 11.8 Å². The van der Waals surface area contributed by atoms with Crippen molar-refractivity contribution in [2.75, 3.05) is 5.75 Å². The van der Waals surface area contributed by atoms with Gasteiger partial charge in [0.1, 0.15) is 11.3 Å². The van der Waals surface area contributed by atoms with E-state index >= 15 is 0 Å². The van der Waals surface area contributed by atoms with Gasteiger partial charge in [0.25, 0.3) is 0 Å². The average molecular weight is 354 g/mol. The maximum Gasteiger partial charge on any atom is 0.329 e. The normalized spacial score (nSPS) is 23.9. The molecule has 1 heterocycles. The molecule has 134 valence electrons. The maximum absolute atomic E-state index is 12.2. The Morgan fingerprint density at radius 2 is 2.04 bits per heavy atom. The lowest BCUT2D eigenvalue weighted by Crippen LogP contribution is -2.56. The van der Waals surface area contributed by atoms with Gasteiger partial charge in [-0.3, -0.25) is 4.79 Å². The number of aliphatic carboxylic acids is 1. The lowest BCUT2D eigenvalue weighted by Gasteiger charge is -2.37. The summed E-state index contributed by atoms with van der Waals surface area (Å²) in [6.07, 6.45) is 3.81. The van der Waals surface area contributed by atoms with Gasteiger partial charge in [-0.1, -0.05) is 18.5 Å². The van der Waals surface area contributed by atoms with Gasteiger partial charge in [0.15, 0.2) is 0 Å². The minimum absolute atomic E-state index is 0.218. The molecule has 0 spiro atoms. The number of nitrogens with zero attached hydrogens (tertiary/aromatic N) is 1. The number of hydrogen-bond donors (Lipinski definition) is 2. The number of carbonyl (C=O) groups is 2. The van der Waals surface area contributed by atoms with Crippen LogP contribution in [0.2, 0.25) is 0 Å². The zero-order valence-corrected chi connectivity index (χ0v) is 15.4. The molecule has 0 radical (unpaired) electrons. The van der Waals surface area contributed by atoms with Crippen LogP contribution in [0.5, 0.6) is 0 Å². The van der Waals surface area contributed by atoms with Crippen LogP contribution in [0.1, 0.15) is 56.0 Å². The highest BCUT2D eigenvalue weighted by Gasteiger charge is 2.42. The summed E-state index contributed by atoms with van der Waals surface area (Å²) < 4.78 is 5.10. The Morgan fingerprint density at radius 3 is 2.54 bits per heavy atom. The van der Waals surface area contributed by atoms with E-state index in [0.717, 1.165) is 36.3 Å². The summed E-state index contributed by atoms with van der Waals surface area (Å²) in [4.78, 5) is 24.0. The van der Waals surface area contributed by atoms with Gasteiger partial charge in [-0.2, -0.15) is 0 Å². The number of aromatic nitrogens is 1. The smallest absolute Gasteiger partial charge is 0.329 e. The summed E-state index contributed by atoms with van der Waals surface area (Å²) in [5, 5.41) is 16.3. The highest BCUT2D eigenvalue weighted by atomic mass is 32.2. The number of thioether (sulfide) groups is 1. The first-order valence-electron chi connectivity index (χ1n) is 8.42. The van der Waals surface area contributed by atoms with E-state index in [1.165, 1.54) is 11.8 Å². The van der Waals surface area contributed by atoms with Crippen molar-refractivity contribution in [1.29, 1.82) is 0 Å². The summed E-state index contributed by atoms with van der Waals surface area (Å²) in [6, 6.07) is 0. The summed E-state index contributed by atoms with van der Waals surface area (Å²) in [6.45, 7) is 5.85. The van der Waals surface area contributed by atoms with Crippen molar-refractivity contribution < 1.29 is 19.2 Å². The van der Waals surface area contributed by atoms with Gasteiger partial charge >= 0.3 is 5.97 Å². The lowest BCUT2D eigenvalue weighted by atomic mass is 9.75. The second-order valence-electron chi connectivity index (χ2n) is 6.58. The van der Waals surface area contributed by atoms with E-state index in [9.17, 15) is 14.7 Å². The third-order valence-electron chi connectivity index (χ3n) is 4.98. The Bertz CT molecular complexity index is 572. The molecule has 0 bridgehead atoms. The van der Waals surface area contributed by atoms with Crippen LogP contribution in [0.15, 0.2) is 4.52 Å². The van der Waals surface area contributed by atoms with Gasteiger partial charge in [0, 0.05) is 11.3 Å². The molecule has 1 amide bonds. The van der Waals surface area contributed by atoms with Gasteiger partial charge < -0.3 is 14.9 Å². The van der Waals surface area contributed by atoms with Gasteiger partial charge in [-0.05, 0) is 45.4 Å². The highest BCUT2D eigenvalue weighted by Crippen LogP contribution is 2.34. The number of aryl methyl sites for hydroxylation is 2.